The molecule has 1 N–H and O–H groups in total. The van der Waals surface area contributed by atoms with Gasteiger partial charge in [0.2, 0.25) is 0 Å². The van der Waals surface area contributed by atoms with Crippen molar-refractivity contribution in [2.24, 2.45) is 5.92 Å². The highest BCUT2D eigenvalue weighted by atomic mass is 32.2. The first-order chi connectivity index (χ1) is 9.95. The molecule has 1 heterocycles. The summed E-state index contributed by atoms with van der Waals surface area (Å²) < 4.78 is 22.9. The molecule has 0 amide bonds. The Bertz CT molecular complexity index is 390. The van der Waals surface area contributed by atoms with Gasteiger partial charge in [0.15, 0.2) is 0 Å². The van der Waals surface area contributed by atoms with Crippen LogP contribution in [-0.4, -0.2) is 51.2 Å². The molecule has 0 radical (unpaired) electrons. The molecule has 3 atom stereocenters. The van der Waals surface area contributed by atoms with Gasteiger partial charge in [-0.2, -0.15) is 0 Å². The first kappa shape index (κ1) is 16.9. The van der Waals surface area contributed by atoms with Crippen molar-refractivity contribution >= 4 is 16.8 Å². The van der Waals surface area contributed by atoms with Crippen LogP contribution in [-0.2, 0) is 25.1 Å². The zero-order chi connectivity index (χ0) is 15.5. The van der Waals surface area contributed by atoms with Gasteiger partial charge in [-0.25, -0.2) is 0 Å². The number of esters is 1. The van der Waals surface area contributed by atoms with Gasteiger partial charge in [0.25, 0.3) is 0 Å². The molecule has 1 saturated heterocycles. The molecule has 0 aromatic rings. The lowest BCUT2D eigenvalue weighted by molar-refractivity contribution is -0.150. The zero-order valence-corrected chi connectivity index (χ0v) is 13.7. The number of hydrogen-bond acceptors (Lipinski definition) is 5. The average Bonchev–Trinajstić information content (AvgIpc) is 2.85. The van der Waals surface area contributed by atoms with Gasteiger partial charge in [-0.1, -0.05) is 0 Å². The fourth-order valence-corrected chi connectivity index (χ4v) is 5.12. The summed E-state index contributed by atoms with van der Waals surface area (Å²) in [6.45, 7) is 4.78. The van der Waals surface area contributed by atoms with Crippen LogP contribution < -0.4 is 0 Å². The molecule has 2 rings (SSSR count). The molecule has 122 valence electrons. The molecule has 21 heavy (non-hydrogen) atoms. The highest BCUT2D eigenvalue weighted by molar-refractivity contribution is 7.85. The molecular formula is C15H26O5S. The van der Waals surface area contributed by atoms with Crippen molar-refractivity contribution in [1.29, 1.82) is 0 Å². The van der Waals surface area contributed by atoms with E-state index in [1.807, 2.05) is 6.92 Å². The smallest absolute Gasteiger partial charge is 0.308 e. The maximum atomic E-state index is 12.4. The van der Waals surface area contributed by atoms with Crippen molar-refractivity contribution < 1.29 is 23.6 Å². The minimum Gasteiger partial charge on any atom is -0.466 e. The normalized spacial score (nSPS) is 38.1. The monoisotopic (exact) mass is 318 g/mol. The van der Waals surface area contributed by atoms with Crippen LogP contribution in [0.1, 0.15) is 46.0 Å². The third kappa shape index (κ3) is 4.27. The van der Waals surface area contributed by atoms with Crippen molar-refractivity contribution in [3.63, 3.8) is 0 Å². The Hall–Kier alpha value is -0.460. The molecule has 6 heteroatoms. The fraction of sp³-hybridized carbons (Fsp3) is 0.933. The third-order valence-corrected chi connectivity index (χ3v) is 6.71. The maximum Gasteiger partial charge on any atom is 0.308 e. The van der Waals surface area contributed by atoms with Crippen molar-refractivity contribution in [3.8, 4) is 0 Å². The molecule has 3 unspecified atom stereocenters. The molecular weight excluding hydrogens is 292 g/mol. The molecule has 2 aliphatic rings. The number of hydrogen-bond donors (Lipinski definition) is 1. The van der Waals surface area contributed by atoms with E-state index in [1.165, 1.54) is 0 Å². The van der Waals surface area contributed by atoms with Crippen LogP contribution in [0.2, 0.25) is 0 Å². The van der Waals surface area contributed by atoms with Crippen molar-refractivity contribution in [2.75, 3.05) is 19.0 Å². The summed E-state index contributed by atoms with van der Waals surface area (Å²) >= 11 is 0. The van der Waals surface area contributed by atoms with Crippen LogP contribution in [0.4, 0.5) is 0 Å². The molecule has 1 aliphatic carbocycles. The van der Waals surface area contributed by atoms with Crippen LogP contribution in [0.15, 0.2) is 0 Å². The van der Waals surface area contributed by atoms with Gasteiger partial charge in [0, 0.05) is 17.4 Å². The standard InChI is InChI=1S/C15H26O5S/c1-3-19-14(16)12-4-7-15(17,8-5-12)10-21(18)13-6-9-20-11(13)2/h11-13,17H,3-10H2,1-2H3. The Morgan fingerprint density at radius 3 is 2.57 bits per heavy atom. The second-order valence-corrected chi connectivity index (χ2v) is 7.83. The fourth-order valence-electron chi connectivity index (χ4n) is 3.22. The SMILES string of the molecule is CCOC(=O)C1CCC(O)(CS(=O)C2CCOC2C)CC1. The average molecular weight is 318 g/mol. The summed E-state index contributed by atoms with van der Waals surface area (Å²) in [4.78, 5) is 11.7. The van der Waals surface area contributed by atoms with E-state index < -0.39 is 16.4 Å². The van der Waals surface area contributed by atoms with Gasteiger partial charge in [0.05, 0.1) is 35.2 Å². The Balaban J connectivity index is 1.84. The largest absolute Gasteiger partial charge is 0.466 e. The minimum atomic E-state index is -1.08. The second kappa shape index (κ2) is 7.20. The van der Waals surface area contributed by atoms with E-state index in [9.17, 15) is 14.1 Å². The van der Waals surface area contributed by atoms with E-state index in [-0.39, 0.29) is 23.2 Å². The summed E-state index contributed by atoms with van der Waals surface area (Å²) in [5, 5.41) is 10.7. The number of rotatable bonds is 5. The summed E-state index contributed by atoms with van der Waals surface area (Å²) in [6.07, 6.45) is 3.07. The van der Waals surface area contributed by atoms with Crippen molar-refractivity contribution in [1.82, 2.24) is 0 Å². The Morgan fingerprint density at radius 2 is 2.05 bits per heavy atom. The molecule has 2 fully saturated rings. The lowest BCUT2D eigenvalue weighted by Crippen LogP contribution is -2.43. The van der Waals surface area contributed by atoms with E-state index >= 15 is 0 Å². The van der Waals surface area contributed by atoms with Crippen LogP contribution in [0.3, 0.4) is 0 Å². The van der Waals surface area contributed by atoms with Crippen molar-refractivity contribution in [2.45, 2.75) is 62.9 Å². The number of carbonyl (C=O) groups excluding carboxylic acids is 1. The van der Waals surface area contributed by atoms with E-state index in [2.05, 4.69) is 0 Å². The molecule has 5 nitrogen and oxygen atoms in total. The molecule has 0 aromatic carbocycles. The topological polar surface area (TPSA) is 72.8 Å². The zero-order valence-electron chi connectivity index (χ0n) is 12.9. The van der Waals surface area contributed by atoms with Gasteiger partial charge >= 0.3 is 5.97 Å². The Morgan fingerprint density at radius 1 is 1.38 bits per heavy atom. The van der Waals surface area contributed by atoms with Crippen LogP contribution in [0.5, 0.6) is 0 Å². The van der Waals surface area contributed by atoms with Gasteiger partial charge in [0.1, 0.15) is 0 Å². The summed E-state index contributed by atoms with van der Waals surface area (Å²) in [5.74, 6) is 0.00635. The predicted molar refractivity (Wildman–Crippen MR) is 80.4 cm³/mol. The van der Waals surface area contributed by atoms with E-state index in [4.69, 9.17) is 9.47 Å². The first-order valence-electron chi connectivity index (χ1n) is 7.83. The van der Waals surface area contributed by atoms with Crippen molar-refractivity contribution in [3.05, 3.63) is 0 Å². The predicted octanol–water partition coefficient (Wildman–Crippen LogP) is 1.40. The maximum absolute atomic E-state index is 12.4. The Labute approximate surface area is 128 Å². The quantitative estimate of drug-likeness (QED) is 0.776. The molecule has 0 aromatic heterocycles. The van der Waals surface area contributed by atoms with Crippen LogP contribution in [0, 0.1) is 5.92 Å². The lowest BCUT2D eigenvalue weighted by atomic mass is 9.80. The van der Waals surface area contributed by atoms with E-state index in [0.717, 1.165) is 6.42 Å². The number of ether oxygens (including phenoxy) is 2. The highest BCUT2D eigenvalue weighted by Crippen LogP contribution is 2.34. The highest BCUT2D eigenvalue weighted by Gasteiger charge is 2.40. The number of aliphatic hydroxyl groups is 1. The summed E-state index contributed by atoms with van der Waals surface area (Å²) in [5.41, 5.74) is -0.907. The summed E-state index contributed by atoms with van der Waals surface area (Å²) in [7, 11) is -1.08. The molecule has 1 aliphatic heterocycles. The minimum absolute atomic E-state index is 0.00491. The Kier molecular flexibility index (Phi) is 5.80. The van der Waals surface area contributed by atoms with Gasteiger partial charge in [-0.3, -0.25) is 9.00 Å². The second-order valence-electron chi connectivity index (χ2n) is 6.18. The van der Waals surface area contributed by atoms with E-state index in [1.54, 1.807) is 6.92 Å². The molecule has 0 bridgehead atoms. The van der Waals surface area contributed by atoms with Crippen LogP contribution in [0.25, 0.3) is 0 Å². The molecule has 1 saturated carbocycles. The van der Waals surface area contributed by atoms with Gasteiger partial charge in [-0.15, -0.1) is 0 Å². The lowest BCUT2D eigenvalue weighted by Gasteiger charge is -2.35. The van der Waals surface area contributed by atoms with Gasteiger partial charge < -0.3 is 14.6 Å². The number of carbonyl (C=O) groups is 1. The van der Waals surface area contributed by atoms with Crippen LogP contribution >= 0.6 is 0 Å². The first-order valence-corrected chi connectivity index (χ1v) is 9.21. The third-order valence-electron chi connectivity index (χ3n) is 4.59. The van der Waals surface area contributed by atoms with E-state index in [0.29, 0.717) is 44.6 Å². The van der Waals surface area contributed by atoms with Gasteiger partial charge in [-0.05, 0) is 46.0 Å². The summed E-state index contributed by atoms with van der Waals surface area (Å²) in [6, 6.07) is 0. The molecule has 0 spiro atoms.